The maximum atomic E-state index is 13.1. The lowest BCUT2D eigenvalue weighted by atomic mass is 10.1. The van der Waals surface area contributed by atoms with Crippen molar-refractivity contribution in [1.82, 2.24) is 9.78 Å². The molecule has 4 rings (SSSR count). The molecule has 0 aliphatic carbocycles. The van der Waals surface area contributed by atoms with Crippen LogP contribution in [-0.2, 0) is 19.1 Å². The standard InChI is InChI=1S/C29H27N3O6/c1-4-37-29(35)25-18-26(32(31-25)23-13-15-24(36-3)16-14-23)21-11-8-12-22(17-21)30-28(34)27(38-19(2)33)20-9-6-5-7-10-20/h5-18,27H,4H2,1-3H3,(H,30,34). The Hall–Kier alpha value is -4.92. The van der Waals surface area contributed by atoms with Gasteiger partial charge in [-0.25, -0.2) is 9.48 Å². The summed E-state index contributed by atoms with van der Waals surface area (Å²) >= 11 is 0. The van der Waals surface area contributed by atoms with Gasteiger partial charge in [0.2, 0.25) is 6.10 Å². The normalized spacial score (nSPS) is 11.3. The summed E-state index contributed by atoms with van der Waals surface area (Å²) in [5.74, 6) is -0.937. The van der Waals surface area contributed by atoms with Gasteiger partial charge in [-0.15, -0.1) is 0 Å². The highest BCUT2D eigenvalue weighted by atomic mass is 16.5. The van der Waals surface area contributed by atoms with Crippen LogP contribution in [0, 0.1) is 0 Å². The molecule has 0 fully saturated rings. The van der Waals surface area contributed by atoms with E-state index in [0.717, 1.165) is 0 Å². The van der Waals surface area contributed by atoms with E-state index in [0.29, 0.717) is 33.9 Å². The van der Waals surface area contributed by atoms with Gasteiger partial charge in [0.05, 0.1) is 25.1 Å². The Morgan fingerprint density at radius 1 is 0.947 bits per heavy atom. The molecule has 4 aromatic rings. The third kappa shape index (κ3) is 6.07. The number of nitrogens with zero attached hydrogens (tertiary/aromatic N) is 2. The first kappa shape index (κ1) is 26.2. The van der Waals surface area contributed by atoms with Crippen LogP contribution in [0.3, 0.4) is 0 Å². The minimum absolute atomic E-state index is 0.145. The molecule has 3 aromatic carbocycles. The van der Waals surface area contributed by atoms with E-state index in [1.54, 1.807) is 79.4 Å². The predicted octanol–water partition coefficient (Wildman–Crippen LogP) is 4.97. The van der Waals surface area contributed by atoms with E-state index < -0.39 is 23.9 Å². The lowest BCUT2D eigenvalue weighted by Gasteiger charge is -2.17. The number of hydrogen-bond donors (Lipinski definition) is 1. The quantitative estimate of drug-likeness (QED) is 0.315. The molecule has 1 aromatic heterocycles. The summed E-state index contributed by atoms with van der Waals surface area (Å²) in [6.07, 6.45) is -1.11. The Kier molecular flexibility index (Phi) is 8.17. The summed E-state index contributed by atoms with van der Waals surface area (Å²) in [6, 6.07) is 24.7. The molecular weight excluding hydrogens is 486 g/mol. The van der Waals surface area contributed by atoms with Crippen molar-refractivity contribution in [3.05, 3.63) is 96.2 Å². The highest BCUT2D eigenvalue weighted by molar-refractivity contribution is 5.96. The highest BCUT2D eigenvalue weighted by Gasteiger charge is 2.24. The second-order valence-corrected chi connectivity index (χ2v) is 8.22. The molecule has 38 heavy (non-hydrogen) atoms. The number of aromatic nitrogens is 2. The Labute approximate surface area is 220 Å². The van der Waals surface area contributed by atoms with Gasteiger partial charge >= 0.3 is 11.9 Å². The molecule has 1 unspecified atom stereocenters. The maximum absolute atomic E-state index is 13.1. The molecule has 1 atom stereocenters. The number of esters is 2. The van der Waals surface area contributed by atoms with Crippen LogP contribution in [-0.4, -0.2) is 41.3 Å². The van der Waals surface area contributed by atoms with E-state index in [1.807, 2.05) is 24.3 Å². The topological polar surface area (TPSA) is 109 Å². The largest absolute Gasteiger partial charge is 0.497 e. The van der Waals surface area contributed by atoms with Crippen LogP contribution in [0.2, 0.25) is 0 Å². The number of anilines is 1. The summed E-state index contributed by atoms with van der Waals surface area (Å²) in [5.41, 5.74) is 3.16. The van der Waals surface area contributed by atoms with Gasteiger partial charge in [-0.3, -0.25) is 9.59 Å². The van der Waals surface area contributed by atoms with Crippen molar-refractivity contribution in [2.75, 3.05) is 19.0 Å². The average molecular weight is 514 g/mol. The molecular formula is C29H27N3O6. The van der Waals surface area contributed by atoms with E-state index in [1.165, 1.54) is 6.92 Å². The fourth-order valence-corrected chi connectivity index (χ4v) is 3.84. The monoisotopic (exact) mass is 513 g/mol. The van der Waals surface area contributed by atoms with E-state index in [2.05, 4.69) is 10.4 Å². The zero-order valence-electron chi connectivity index (χ0n) is 21.2. The predicted molar refractivity (Wildman–Crippen MR) is 141 cm³/mol. The molecule has 9 heteroatoms. The minimum atomic E-state index is -1.11. The van der Waals surface area contributed by atoms with Crippen LogP contribution in [0.5, 0.6) is 5.75 Å². The summed E-state index contributed by atoms with van der Waals surface area (Å²) < 4.78 is 17.3. The number of hydrogen-bond acceptors (Lipinski definition) is 7. The lowest BCUT2D eigenvalue weighted by Crippen LogP contribution is -2.25. The van der Waals surface area contributed by atoms with Crippen LogP contribution in [0.1, 0.15) is 36.0 Å². The molecule has 0 saturated carbocycles. The van der Waals surface area contributed by atoms with Gasteiger partial charge < -0.3 is 19.5 Å². The van der Waals surface area contributed by atoms with Gasteiger partial charge in [0.1, 0.15) is 5.75 Å². The zero-order valence-corrected chi connectivity index (χ0v) is 21.2. The van der Waals surface area contributed by atoms with Gasteiger partial charge in [-0.1, -0.05) is 42.5 Å². The second kappa shape index (κ2) is 11.9. The van der Waals surface area contributed by atoms with Crippen LogP contribution in [0.4, 0.5) is 5.69 Å². The van der Waals surface area contributed by atoms with Gasteiger partial charge in [0.15, 0.2) is 5.69 Å². The second-order valence-electron chi connectivity index (χ2n) is 8.22. The van der Waals surface area contributed by atoms with Crippen LogP contribution in [0.25, 0.3) is 16.9 Å². The highest BCUT2D eigenvalue weighted by Crippen LogP contribution is 2.28. The molecule has 0 spiro atoms. The molecule has 1 N–H and O–H groups in total. The van der Waals surface area contributed by atoms with Crippen LogP contribution in [0.15, 0.2) is 84.9 Å². The van der Waals surface area contributed by atoms with E-state index >= 15 is 0 Å². The van der Waals surface area contributed by atoms with Gasteiger partial charge in [-0.05, 0) is 49.4 Å². The minimum Gasteiger partial charge on any atom is -0.497 e. The number of carbonyl (C=O) groups is 3. The third-order valence-electron chi connectivity index (χ3n) is 5.56. The first-order valence-corrected chi connectivity index (χ1v) is 11.9. The summed E-state index contributed by atoms with van der Waals surface area (Å²) in [7, 11) is 1.58. The first-order chi connectivity index (χ1) is 18.4. The fraction of sp³-hybridized carbons (Fsp3) is 0.172. The van der Waals surface area contributed by atoms with E-state index in [4.69, 9.17) is 14.2 Å². The smallest absolute Gasteiger partial charge is 0.358 e. The molecule has 0 saturated heterocycles. The lowest BCUT2D eigenvalue weighted by molar-refractivity contribution is -0.152. The zero-order chi connectivity index (χ0) is 27.1. The van der Waals surface area contributed by atoms with Crippen molar-refractivity contribution in [3.63, 3.8) is 0 Å². The third-order valence-corrected chi connectivity index (χ3v) is 5.56. The van der Waals surface area contributed by atoms with Crippen molar-refractivity contribution in [2.45, 2.75) is 20.0 Å². The van der Waals surface area contributed by atoms with Gasteiger partial charge in [-0.2, -0.15) is 5.10 Å². The molecule has 9 nitrogen and oxygen atoms in total. The summed E-state index contributed by atoms with van der Waals surface area (Å²) in [5, 5.41) is 7.30. The van der Waals surface area contributed by atoms with Crippen molar-refractivity contribution >= 4 is 23.5 Å². The van der Waals surface area contributed by atoms with Crippen molar-refractivity contribution in [2.24, 2.45) is 0 Å². The molecule has 1 amide bonds. The number of ether oxygens (including phenoxy) is 3. The number of methoxy groups -OCH3 is 1. The Bertz CT molecular complexity index is 1430. The van der Waals surface area contributed by atoms with Crippen LogP contribution >= 0.6 is 0 Å². The SMILES string of the molecule is CCOC(=O)c1cc(-c2cccc(NC(=O)C(OC(C)=O)c3ccccc3)c2)n(-c2ccc(OC)cc2)n1. The maximum Gasteiger partial charge on any atom is 0.358 e. The van der Waals surface area contributed by atoms with E-state index in [9.17, 15) is 14.4 Å². The van der Waals surface area contributed by atoms with Crippen molar-refractivity contribution < 1.29 is 28.6 Å². The molecule has 0 aliphatic rings. The van der Waals surface area contributed by atoms with Crippen molar-refractivity contribution in [3.8, 4) is 22.7 Å². The molecule has 0 aliphatic heterocycles. The number of rotatable bonds is 9. The molecule has 0 radical (unpaired) electrons. The molecule has 0 bridgehead atoms. The Morgan fingerprint density at radius 2 is 1.68 bits per heavy atom. The average Bonchev–Trinajstić information content (AvgIpc) is 3.38. The van der Waals surface area contributed by atoms with E-state index in [-0.39, 0.29) is 12.3 Å². The summed E-state index contributed by atoms with van der Waals surface area (Å²) in [4.78, 5) is 37.3. The van der Waals surface area contributed by atoms with Crippen molar-refractivity contribution in [1.29, 1.82) is 0 Å². The summed E-state index contributed by atoms with van der Waals surface area (Å²) in [6.45, 7) is 3.20. The van der Waals surface area contributed by atoms with Gasteiger partial charge in [0.25, 0.3) is 5.91 Å². The first-order valence-electron chi connectivity index (χ1n) is 11.9. The Morgan fingerprint density at radius 3 is 2.34 bits per heavy atom. The molecule has 1 heterocycles. The van der Waals surface area contributed by atoms with Crippen LogP contribution < -0.4 is 10.1 Å². The number of benzene rings is 3. The number of carbonyl (C=O) groups excluding carboxylic acids is 3. The number of nitrogens with one attached hydrogen (secondary N) is 1. The fourth-order valence-electron chi connectivity index (χ4n) is 3.84. The van der Waals surface area contributed by atoms with Gasteiger partial charge in [0, 0.05) is 23.7 Å². The Balaban J connectivity index is 1.68. The molecule has 194 valence electrons. The number of amides is 1.